The Labute approximate surface area is 120 Å². The van der Waals surface area contributed by atoms with Crippen LogP contribution >= 0.6 is 23.2 Å². The van der Waals surface area contributed by atoms with Gasteiger partial charge >= 0.3 is 0 Å². The molecule has 1 heterocycles. The van der Waals surface area contributed by atoms with Crippen LogP contribution in [0.4, 0.5) is 0 Å². The summed E-state index contributed by atoms with van der Waals surface area (Å²) in [7, 11) is 0. The average Bonchev–Trinajstić information content (AvgIpc) is 2.78. The molecule has 0 radical (unpaired) electrons. The minimum absolute atomic E-state index is 0.312. The van der Waals surface area contributed by atoms with Gasteiger partial charge in [-0.25, -0.2) is 0 Å². The first-order chi connectivity index (χ1) is 9.20. The number of benzene rings is 2. The Kier molecular flexibility index (Phi) is 3.23. The predicted octanol–water partition coefficient (Wildman–Crippen LogP) is 4.87. The highest BCUT2D eigenvalue weighted by Gasteiger charge is 2.17. The molecular weight excluding hydrogens is 281 g/mol. The molecule has 0 bridgehead atoms. The number of fused-ring (bicyclic) bond motifs is 1. The van der Waals surface area contributed by atoms with Gasteiger partial charge in [0.05, 0.1) is 11.6 Å². The largest absolute Gasteiger partial charge is 0.457 e. The molecule has 19 heavy (non-hydrogen) atoms. The van der Waals surface area contributed by atoms with E-state index in [-0.39, 0.29) is 0 Å². The van der Waals surface area contributed by atoms with Crippen LogP contribution in [-0.2, 0) is 6.54 Å². The molecule has 0 aliphatic heterocycles. The number of rotatable bonds is 2. The van der Waals surface area contributed by atoms with E-state index in [9.17, 15) is 0 Å². The van der Waals surface area contributed by atoms with Crippen molar-refractivity contribution in [3.63, 3.8) is 0 Å². The van der Waals surface area contributed by atoms with E-state index in [4.69, 9.17) is 33.4 Å². The number of halogens is 2. The molecule has 2 nitrogen and oxygen atoms in total. The molecule has 2 aromatic carbocycles. The lowest BCUT2D eigenvalue weighted by atomic mass is 10.0. The summed E-state index contributed by atoms with van der Waals surface area (Å²) < 4.78 is 5.77. The van der Waals surface area contributed by atoms with Crippen molar-refractivity contribution in [3.05, 3.63) is 58.3 Å². The molecule has 0 unspecified atom stereocenters. The van der Waals surface area contributed by atoms with Crippen LogP contribution in [0, 0.1) is 0 Å². The topological polar surface area (TPSA) is 39.2 Å². The van der Waals surface area contributed by atoms with Gasteiger partial charge in [0, 0.05) is 16.0 Å². The van der Waals surface area contributed by atoms with Gasteiger partial charge in [0.1, 0.15) is 5.76 Å². The van der Waals surface area contributed by atoms with Gasteiger partial charge in [-0.2, -0.15) is 0 Å². The van der Waals surface area contributed by atoms with Crippen LogP contribution in [0.25, 0.3) is 22.1 Å². The minimum Gasteiger partial charge on any atom is -0.457 e. The van der Waals surface area contributed by atoms with Crippen LogP contribution < -0.4 is 5.73 Å². The maximum atomic E-state index is 6.17. The molecule has 2 N–H and O–H groups in total. The summed E-state index contributed by atoms with van der Waals surface area (Å²) in [6.07, 6.45) is 0. The van der Waals surface area contributed by atoms with Crippen molar-refractivity contribution in [1.82, 2.24) is 0 Å². The van der Waals surface area contributed by atoms with Crippen LogP contribution in [0.1, 0.15) is 5.76 Å². The van der Waals surface area contributed by atoms with Crippen molar-refractivity contribution < 1.29 is 4.42 Å². The van der Waals surface area contributed by atoms with E-state index in [1.54, 1.807) is 6.07 Å². The van der Waals surface area contributed by atoms with Gasteiger partial charge in [-0.3, -0.25) is 0 Å². The third kappa shape index (κ3) is 2.12. The van der Waals surface area contributed by atoms with Crippen molar-refractivity contribution in [3.8, 4) is 11.1 Å². The summed E-state index contributed by atoms with van der Waals surface area (Å²) >= 11 is 12.3. The third-order valence-electron chi connectivity index (χ3n) is 3.03. The van der Waals surface area contributed by atoms with Gasteiger partial charge in [0.25, 0.3) is 0 Å². The molecular formula is C15H11Cl2NO. The lowest BCUT2D eigenvalue weighted by Crippen LogP contribution is -1.95. The van der Waals surface area contributed by atoms with Crippen LogP contribution in [0.15, 0.2) is 46.9 Å². The SMILES string of the molecule is NCc1oc2c(Cl)cc(Cl)cc2c1-c1ccccc1. The monoisotopic (exact) mass is 291 g/mol. The molecule has 1 aromatic heterocycles. The van der Waals surface area contributed by atoms with Crippen molar-refractivity contribution in [1.29, 1.82) is 0 Å². The van der Waals surface area contributed by atoms with Crippen molar-refractivity contribution in [2.75, 3.05) is 0 Å². The maximum Gasteiger partial charge on any atom is 0.153 e. The van der Waals surface area contributed by atoms with Gasteiger partial charge < -0.3 is 10.2 Å². The number of furan rings is 1. The van der Waals surface area contributed by atoms with Crippen molar-refractivity contribution >= 4 is 34.2 Å². The average molecular weight is 292 g/mol. The molecule has 0 amide bonds. The van der Waals surface area contributed by atoms with Gasteiger partial charge in [0.2, 0.25) is 0 Å². The molecule has 3 rings (SSSR count). The highest BCUT2D eigenvalue weighted by atomic mass is 35.5. The zero-order chi connectivity index (χ0) is 13.4. The van der Waals surface area contributed by atoms with E-state index in [0.29, 0.717) is 27.9 Å². The van der Waals surface area contributed by atoms with Gasteiger partial charge in [-0.15, -0.1) is 0 Å². The summed E-state index contributed by atoms with van der Waals surface area (Å²) in [6, 6.07) is 13.5. The minimum atomic E-state index is 0.312. The Morgan fingerprint density at radius 2 is 1.79 bits per heavy atom. The standard InChI is InChI=1S/C15H11Cl2NO/c16-10-6-11-14(9-4-2-1-3-5-9)13(8-18)19-15(11)12(17)7-10/h1-7H,8,18H2. The fourth-order valence-corrected chi connectivity index (χ4v) is 2.77. The highest BCUT2D eigenvalue weighted by Crippen LogP contribution is 2.39. The molecule has 0 atom stereocenters. The smallest absolute Gasteiger partial charge is 0.153 e. The second kappa shape index (κ2) is 4.89. The molecule has 0 saturated heterocycles. The van der Waals surface area contributed by atoms with Crippen LogP contribution in [-0.4, -0.2) is 0 Å². The van der Waals surface area contributed by atoms with Gasteiger partial charge in [-0.1, -0.05) is 53.5 Å². The molecule has 0 saturated carbocycles. The molecule has 0 spiro atoms. The second-order valence-electron chi connectivity index (χ2n) is 4.23. The first-order valence-corrected chi connectivity index (χ1v) is 6.62. The molecule has 0 aliphatic rings. The summed E-state index contributed by atoms with van der Waals surface area (Å²) in [5, 5.41) is 1.97. The van der Waals surface area contributed by atoms with E-state index in [2.05, 4.69) is 0 Å². The number of hydrogen-bond donors (Lipinski definition) is 1. The van der Waals surface area contributed by atoms with Crippen molar-refractivity contribution in [2.24, 2.45) is 5.73 Å². The third-order valence-corrected chi connectivity index (χ3v) is 3.53. The Morgan fingerprint density at radius 3 is 2.47 bits per heavy atom. The van der Waals surface area contributed by atoms with E-state index in [1.165, 1.54) is 0 Å². The summed E-state index contributed by atoms with van der Waals surface area (Å²) in [5.41, 5.74) is 8.40. The van der Waals surface area contributed by atoms with E-state index in [0.717, 1.165) is 16.5 Å². The Hall–Kier alpha value is -1.48. The first kappa shape index (κ1) is 12.5. The molecule has 96 valence electrons. The normalized spacial score (nSPS) is 11.1. The zero-order valence-electron chi connectivity index (χ0n) is 9.99. The fraction of sp³-hybridized carbons (Fsp3) is 0.0667. The Bertz CT molecular complexity index is 735. The lowest BCUT2D eigenvalue weighted by molar-refractivity contribution is 0.554. The van der Waals surface area contributed by atoms with E-state index in [1.807, 2.05) is 36.4 Å². The van der Waals surface area contributed by atoms with E-state index < -0.39 is 0 Å². The van der Waals surface area contributed by atoms with Crippen LogP contribution in [0.2, 0.25) is 10.0 Å². The maximum absolute atomic E-state index is 6.17. The fourth-order valence-electron chi connectivity index (χ4n) is 2.24. The molecule has 3 aromatic rings. The highest BCUT2D eigenvalue weighted by molar-refractivity contribution is 6.38. The van der Waals surface area contributed by atoms with Gasteiger partial charge in [-0.05, 0) is 17.7 Å². The summed E-state index contributed by atoms with van der Waals surface area (Å²) in [6.45, 7) is 0.312. The molecule has 0 aliphatic carbocycles. The lowest BCUT2D eigenvalue weighted by Gasteiger charge is -2.01. The Balaban J connectivity index is 2.39. The molecule has 0 fully saturated rings. The number of hydrogen-bond acceptors (Lipinski definition) is 2. The van der Waals surface area contributed by atoms with Crippen molar-refractivity contribution in [2.45, 2.75) is 6.54 Å². The number of nitrogens with two attached hydrogens (primary N) is 1. The van der Waals surface area contributed by atoms with Crippen LogP contribution in [0.5, 0.6) is 0 Å². The summed E-state index contributed by atoms with van der Waals surface area (Å²) in [4.78, 5) is 0. The summed E-state index contributed by atoms with van der Waals surface area (Å²) in [5.74, 6) is 0.713. The second-order valence-corrected chi connectivity index (χ2v) is 5.08. The quantitative estimate of drug-likeness (QED) is 0.732. The van der Waals surface area contributed by atoms with E-state index >= 15 is 0 Å². The predicted molar refractivity (Wildman–Crippen MR) is 79.6 cm³/mol. The first-order valence-electron chi connectivity index (χ1n) is 5.86. The molecule has 4 heteroatoms. The Morgan fingerprint density at radius 1 is 1.05 bits per heavy atom. The zero-order valence-corrected chi connectivity index (χ0v) is 11.5. The van der Waals surface area contributed by atoms with Gasteiger partial charge in [0.15, 0.2) is 5.58 Å². The van der Waals surface area contributed by atoms with Crippen LogP contribution in [0.3, 0.4) is 0 Å².